The molecule has 2 aliphatic carbocycles. The molecule has 0 spiro atoms. The Bertz CT molecular complexity index is 1160. The second-order valence-corrected chi connectivity index (χ2v) is 7.02. The number of carbonyl (C=O) groups excluding carboxylic acids is 1. The molecule has 1 amide bonds. The van der Waals surface area contributed by atoms with E-state index in [2.05, 4.69) is 36.4 Å². The summed E-state index contributed by atoms with van der Waals surface area (Å²) < 4.78 is 0. The first-order chi connectivity index (χ1) is 13.8. The van der Waals surface area contributed by atoms with Gasteiger partial charge in [0.1, 0.15) is 0 Å². The minimum atomic E-state index is 0.0553. The van der Waals surface area contributed by atoms with E-state index in [1.54, 1.807) is 0 Å². The highest BCUT2D eigenvalue weighted by atomic mass is 16.2. The van der Waals surface area contributed by atoms with Crippen molar-refractivity contribution in [3.8, 4) is 11.1 Å². The average molecular weight is 361 g/mol. The third-order valence-corrected chi connectivity index (χ3v) is 5.27. The lowest BCUT2D eigenvalue weighted by atomic mass is 10.0. The number of carbonyl (C=O) groups is 1. The molecule has 0 radical (unpaired) electrons. The fourth-order valence-corrected chi connectivity index (χ4v) is 3.89. The van der Waals surface area contributed by atoms with Crippen LogP contribution in [-0.4, -0.2) is 5.91 Å². The Hall–Kier alpha value is -3.65. The van der Waals surface area contributed by atoms with E-state index in [1.165, 1.54) is 5.56 Å². The Labute approximate surface area is 164 Å². The summed E-state index contributed by atoms with van der Waals surface area (Å²) in [5.41, 5.74) is 7.26. The van der Waals surface area contributed by atoms with Crippen LogP contribution >= 0.6 is 0 Å². The number of hydrogen-bond acceptors (Lipinski definition) is 1. The van der Waals surface area contributed by atoms with Crippen LogP contribution in [0.4, 0.5) is 5.69 Å². The van der Waals surface area contributed by atoms with E-state index in [0.29, 0.717) is 6.54 Å². The van der Waals surface area contributed by atoms with E-state index in [1.807, 2.05) is 71.6 Å². The molecule has 2 nitrogen and oxygen atoms in total. The van der Waals surface area contributed by atoms with Gasteiger partial charge in [0.2, 0.25) is 0 Å². The smallest absolute Gasteiger partial charge is 0.259 e. The molecular formula is C26H19NO. The van der Waals surface area contributed by atoms with Gasteiger partial charge in [0.15, 0.2) is 0 Å². The van der Waals surface area contributed by atoms with Crippen LogP contribution in [0.1, 0.15) is 16.7 Å². The molecule has 2 aromatic rings. The zero-order valence-corrected chi connectivity index (χ0v) is 15.4. The Morgan fingerprint density at radius 1 is 0.679 bits per heavy atom. The molecule has 2 aromatic carbocycles. The lowest BCUT2D eigenvalue weighted by molar-refractivity contribution is -0.113. The number of fused-ring (bicyclic) bond motifs is 2. The highest BCUT2D eigenvalue weighted by Gasteiger charge is 2.32. The number of benzene rings is 2. The summed E-state index contributed by atoms with van der Waals surface area (Å²) in [5, 5.41) is 0. The van der Waals surface area contributed by atoms with Gasteiger partial charge in [-0.1, -0.05) is 91.0 Å². The Balaban J connectivity index is 1.59. The first-order valence-corrected chi connectivity index (χ1v) is 9.46. The summed E-state index contributed by atoms with van der Waals surface area (Å²) in [6, 6.07) is 32.7. The maximum absolute atomic E-state index is 13.3. The third-order valence-electron chi connectivity index (χ3n) is 5.27. The number of rotatable bonds is 3. The third kappa shape index (κ3) is 2.80. The van der Waals surface area contributed by atoms with Crippen molar-refractivity contribution in [2.45, 2.75) is 6.54 Å². The van der Waals surface area contributed by atoms with E-state index in [0.717, 1.165) is 33.5 Å². The van der Waals surface area contributed by atoms with Crippen LogP contribution in [0.25, 0.3) is 22.8 Å². The molecule has 0 saturated heterocycles. The van der Waals surface area contributed by atoms with Crippen molar-refractivity contribution in [1.82, 2.24) is 0 Å². The molecule has 0 atom stereocenters. The Morgan fingerprint density at radius 2 is 1.36 bits per heavy atom. The lowest BCUT2D eigenvalue weighted by Crippen LogP contribution is -2.25. The molecule has 28 heavy (non-hydrogen) atoms. The maximum Gasteiger partial charge on any atom is 0.259 e. The summed E-state index contributed by atoms with van der Waals surface area (Å²) >= 11 is 0. The standard InChI is InChI=1S/C26H19NO/c28-26-24(17-21-16-15-20-11-5-2-6-12-22(20)21)23-13-7-8-14-25(23)27(26)18-19-9-3-1-4-10-19/h1-17H,18H2. The van der Waals surface area contributed by atoms with Gasteiger partial charge in [-0.05, 0) is 34.4 Å². The van der Waals surface area contributed by atoms with Gasteiger partial charge in [0.25, 0.3) is 5.91 Å². The zero-order valence-electron chi connectivity index (χ0n) is 15.4. The number of para-hydroxylation sites is 1. The second-order valence-electron chi connectivity index (χ2n) is 7.02. The highest BCUT2D eigenvalue weighted by Crippen LogP contribution is 2.40. The van der Waals surface area contributed by atoms with E-state index < -0.39 is 0 Å². The topological polar surface area (TPSA) is 20.3 Å². The zero-order chi connectivity index (χ0) is 18.9. The van der Waals surface area contributed by atoms with Gasteiger partial charge in [-0.25, -0.2) is 0 Å². The van der Waals surface area contributed by atoms with Crippen LogP contribution in [0.3, 0.4) is 0 Å². The monoisotopic (exact) mass is 361 g/mol. The van der Waals surface area contributed by atoms with Crippen molar-refractivity contribution in [3.05, 3.63) is 114 Å². The average Bonchev–Trinajstić information content (AvgIpc) is 3.11. The number of nitrogens with zero attached hydrogens (tertiary/aromatic N) is 1. The van der Waals surface area contributed by atoms with Gasteiger partial charge in [-0.15, -0.1) is 0 Å². The van der Waals surface area contributed by atoms with Crippen LogP contribution in [0.2, 0.25) is 0 Å². The molecule has 0 fully saturated rings. The van der Waals surface area contributed by atoms with E-state index in [-0.39, 0.29) is 5.91 Å². The van der Waals surface area contributed by atoms with Crippen molar-refractivity contribution >= 4 is 23.2 Å². The van der Waals surface area contributed by atoms with Gasteiger partial charge in [0.05, 0.1) is 12.2 Å². The number of hydrogen-bond donors (Lipinski definition) is 0. The molecule has 1 aliphatic heterocycles. The summed E-state index contributed by atoms with van der Waals surface area (Å²) in [7, 11) is 0. The van der Waals surface area contributed by atoms with Gasteiger partial charge in [-0.3, -0.25) is 4.79 Å². The summed E-state index contributed by atoms with van der Waals surface area (Å²) in [5.74, 6) is 0.0553. The molecule has 0 unspecified atom stereocenters. The summed E-state index contributed by atoms with van der Waals surface area (Å²) in [6.07, 6.45) is 2.04. The fourth-order valence-electron chi connectivity index (χ4n) is 3.89. The number of anilines is 1. The van der Waals surface area contributed by atoms with Gasteiger partial charge in [0, 0.05) is 11.1 Å². The van der Waals surface area contributed by atoms with Gasteiger partial charge < -0.3 is 4.90 Å². The molecule has 134 valence electrons. The van der Waals surface area contributed by atoms with E-state index in [9.17, 15) is 4.79 Å². The van der Waals surface area contributed by atoms with Crippen molar-refractivity contribution < 1.29 is 4.79 Å². The van der Waals surface area contributed by atoms with Crippen LogP contribution in [0, 0.1) is 0 Å². The lowest BCUT2D eigenvalue weighted by Gasteiger charge is -2.17. The normalized spacial score (nSPS) is 14.6. The molecule has 0 N–H and O–H groups in total. The molecule has 1 heterocycles. The number of amides is 1. The summed E-state index contributed by atoms with van der Waals surface area (Å²) in [6.45, 7) is 0.574. The van der Waals surface area contributed by atoms with Crippen LogP contribution < -0.4 is 4.90 Å². The SMILES string of the molecule is O=C1C(=Cc2ccc3cccccc2-3)c2ccccc2N1Cc1ccccc1. The first-order valence-electron chi connectivity index (χ1n) is 9.46. The Morgan fingerprint density at radius 3 is 2.21 bits per heavy atom. The second kappa shape index (κ2) is 6.82. The van der Waals surface area contributed by atoms with Crippen molar-refractivity contribution in [2.75, 3.05) is 4.90 Å². The maximum atomic E-state index is 13.3. The first kappa shape index (κ1) is 16.5. The fraction of sp³-hybridized carbons (Fsp3) is 0.0385. The van der Waals surface area contributed by atoms with Crippen LogP contribution in [-0.2, 0) is 11.3 Å². The van der Waals surface area contributed by atoms with Crippen molar-refractivity contribution in [3.63, 3.8) is 0 Å². The Kier molecular flexibility index (Phi) is 4.02. The van der Waals surface area contributed by atoms with Gasteiger partial charge in [-0.2, -0.15) is 0 Å². The van der Waals surface area contributed by atoms with Crippen LogP contribution in [0.5, 0.6) is 0 Å². The molecule has 5 rings (SSSR count). The van der Waals surface area contributed by atoms with Crippen molar-refractivity contribution in [2.24, 2.45) is 0 Å². The minimum absolute atomic E-state index is 0.0553. The summed E-state index contributed by atoms with van der Waals surface area (Å²) in [4.78, 5) is 15.2. The predicted octanol–water partition coefficient (Wildman–Crippen LogP) is 5.88. The quantitative estimate of drug-likeness (QED) is 0.417. The molecule has 0 bridgehead atoms. The molecule has 0 saturated carbocycles. The van der Waals surface area contributed by atoms with Crippen LogP contribution in [0.15, 0.2) is 97.1 Å². The largest absolute Gasteiger partial charge is 0.303 e. The predicted molar refractivity (Wildman–Crippen MR) is 115 cm³/mol. The molecule has 3 aliphatic rings. The molecular weight excluding hydrogens is 342 g/mol. The van der Waals surface area contributed by atoms with E-state index in [4.69, 9.17) is 0 Å². The highest BCUT2D eigenvalue weighted by molar-refractivity contribution is 6.36. The van der Waals surface area contributed by atoms with Gasteiger partial charge >= 0.3 is 0 Å². The van der Waals surface area contributed by atoms with E-state index >= 15 is 0 Å². The molecule has 0 aromatic heterocycles. The minimum Gasteiger partial charge on any atom is -0.303 e. The molecule has 2 heteroatoms. The van der Waals surface area contributed by atoms with Crippen molar-refractivity contribution in [1.29, 1.82) is 0 Å².